The quantitative estimate of drug-likeness (QED) is 0.569. The van der Waals surface area contributed by atoms with Crippen molar-refractivity contribution in [3.05, 3.63) is 58.1 Å². The van der Waals surface area contributed by atoms with Gasteiger partial charge in [0.2, 0.25) is 0 Å². The second-order valence-corrected chi connectivity index (χ2v) is 9.58. The SMILES string of the molecule is COc1cc2c(cc1-c1cnn(CCC(=O)O)c1)CC(C(C)(C)C)n1cc(C(=O)O)c(=O)cc1-2. The minimum Gasteiger partial charge on any atom is -0.496 e. The Morgan fingerprint density at radius 2 is 1.88 bits per heavy atom. The van der Waals surface area contributed by atoms with E-state index < -0.39 is 17.4 Å². The number of rotatable bonds is 6. The van der Waals surface area contributed by atoms with Gasteiger partial charge in [-0.15, -0.1) is 0 Å². The average Bonchev–Trinajstić information content (AvgIpc) is 3.24. The lowest BCUT2D eigenvalue weighted by atomic mass is 9.78. The number of pyridine rings is 1. The summed E-state index contributed by atoms with van der Waals surface area (Å²) in [6.07, 6.45) is 5.52. The molecule has 178 valence electrons. The van der Waals surface area contributed by atoms with Crippen LogP contribution in [0.2, 0.25) is 0 Å². The molecule has 1 atom stereocenters. The van der Waals surface area contributed by atoms with Crippen molar-refractivity contribution in [2.24, 2.45) is 5.41 Å². The third-order valence-corrected chi connectivity index (χ3v) is 6.26. The third kappa shape index (κ3) is 4.21. The van der Waals surface area contributed by atoms with E-state index in [1.165, 1.54) is 12.3 Å². The highest BCUT2D eigenvalue weighted by atomic mass is 16.5. The van der Waals surface area contributed by atoms with E-state index in [9.17, 15) is 19.5 Å². The van der Waals surface area contributed by atoms with Crippen molar-refractivity contribution in [1.29, 1.82) is 0 Å². The summed E-state index contributed by atoms with van der Waals surface area (Å²) in [6, 6.07) is 5.20. The van der Waals surface area contributed by atoms with Gasteiger partial charge in [0.05, 0.1) is 32.0 Å². The van der Waals surface area contributed by atoms with Crippen molar-refractivity contribution in [3.8, 4) is 28.1 Å². The second-order valence-electron chi connectivity index (χ2n) is 9.58. The molecule has 2 aromatic heterocycles. The van der Waals surface area contributed by atoms with Crippen LogP contribution in [0.4, 0.5) is 0 Å². The molecule has 0 saturated heterocycles. The predicted molar refractivity (Wildman–Crippen MR) is 125 cm³/mol. The van der Waals surface area contributed by atoms with E-state index in [0.717, 1.165) is 22.3 Å². The van der Waals surface area contributed by atoms with Crippen LogP contribution in [0.25, 0.3) is 22.4 Å². The molecule has 0 aliphatic carbocycles. The Balaban J connectivity index is 1.87. The van der Waals surface area contributed by atoms with Gasteiger partial charge in [-0.2, -0.15) is 5.10 Å². The topological polar surface area (TPSA) is 124 Å². The fraction of sp³-hybridized carbons (Fsp3) is 0.360. The van der Waals surface area contributed by atoms with Gasteiger partial charge in [0.25, 0.3) is 0 Å². The van der Waals surface area contributed by atoms with Crippen LogP contribution < -0.4 is 10.2 Å². The van der Waals surface area contributed by atoms with E-state index in [4.69, 9.17) is 9.84 Å². The van der Waals surface area contributed by atoms with Gasteiger partial charge in [0, 0.05) is 41.2 Å². The molecular formula is C25H27N3O6. The zero-order valence-electron chi connectivity index (χ0n) is 19.5. The maximum absolute atomic E-state index is 12.6. The summed E-state index contributed by atoms with van der Waals surface area (Å²) >= 11 is 0. The lowest BCUT2D eigenvalue weighted by Gasteiger charge is -2.39. The third-order valence-electron chi connectivity index (χ3n) is 6.26. The maximum atomic E-state index is 12.6. The highest BCUT2D eigenvalue weighted by Gasteiger charge is 2.34. The molecule has 0 bridgehead atoms. The molecule has 9 heteroatoms. The van der Waals surface area contributed by atoms with Crippen molar-refractivity contribution in [2.75, 3.05) is 7.11 Å². The van der Waals surface area contributed by atoms with Gasteiger partial charge < -0.3 is 19.5 Å². The van der Waals surface area contributed by atoms with E-state index >= 15 is 0 Å². The van der Waals surface area contributed by atoms with Crippen LogP contribution >= 0.6 is 0 Å². The highest BCUT2D eigenvalue weighted by Crippen LogP contribution is 2.45. The van der Waals surface area contributed by atoms with Crippen LogP contribution in [0.3, 0.4) is 0 Å². The largest absolute Gasteiger partial charge is 0.496 e. The van der Waals surface area contributed by atoms with Crippen molar-refractivity contribution >= 4 is 11.9 Å². The standard InChI is InChI=1S/C25H27N3O6/c1-25(2,3)22-8-14-7-17(15-11-26-27(12-15)6-5-23(30)31)21(34-4)9-16(14)19-10-20(29)18(24(32)33)13-28(19)22/h7,9-13,22H,5-6,8H2,1-4H3,(H,30,31)(H,32,33). The Hall–Kier alpha value is -3.88. The number of aryl methyl sites for hydroxylation is 1. The summed E-state index contributed by atoms with van der Waals surface area (Å²) in [5.41, 5.74) is 3.08. The van der Waals surface area contributed by atoms with Crippen LogP contribution in [0, 0.1) is 5.41 Å². The molecule has 3 heterocycles. The summed E-state index contributed by atoms with van der Waals surface area (Å²) in [6.45, 7) is 6.52. The molecule has 1 unspecified atom stereocenters. The number of fused-ring (bicyclic) bond motifs is 3. The van der Waals surface area contributed by atoms with E-state index in [1.54, 1.807) is 24.2 Å². The molecule has 0 spiro atoms. The second kappa shape index (κ2) is 8.48. The Kier molecular flexibility index (Phi) is 5.80. The molecule has 9 nitrogen and oxygen atoms in total. The fourth-order valence-electron chi connectivity index (χ4n) is 4.48. The molecule has 4 rings (SSSR count). The van der Waals surface area contributed by atoms with E-state index in [0.29, 0.717) is 17.9 Å². The first-order valence-corrected chi connectivity index (χ1v) is 10.9. The summed E-state index contributed by atoms with van der Waals surface area (Å²) in [5, 5.41) is 22.7. The van der Waals surface area contributed by atoms with Crippen LogP contribution in [-0.2, 0) is 17.8 Å². The number of aliphatic carboxylic acids is 1. The number of aromatic carboxylic acids is 1. The first kappa shape index (κ1) is 23.3. The van der Waals surface area contributed by atoms with E-state index in [2.05, 4.69) is 25.9 Å². The Bertz CT molecular complexity index is 1350. The first-order chi connectivity index (χ1) is 16.0. The maximum Gasteiger partial charge on any atom is 0.341 e. The molecule has 34 heavy (non-hydrogen) atoms. The molecule has 2 N–H and O–H groups in total. The molecule has 0 amide bonds. The fourth-order valence-corrected chi connectivity index (χ4v) is 4.48. The molecule has 0 radical (unpaired) electrons. The monoisotopic (exact) mass is 465 g/mol. The van der Waals surface area contributed by atoms with E-state index in [-0.39, 0.29) is 30.0 Å². The molecule has 0 saturated carbocycles. The van der Waals surface area contributed by atoms with Crippen LogP contribution in [0.15, 0.2) is 41.6 Å². The van der Waals surface area contributed by atoms with Gasteiger partial charge in [0.15, 0.2) is 5.43 Å². The average molecular weight is 466 g/mol. The predicted octanol–water partition coefficient (Wildman–Crippen LogP) is 3.70. The van der Waals surface area contributed by atoms with Gasteiger partial charge >= 0.3 is 11.9 Å². The van der Waals surface area contributed by atoms with Crippen molar-refractivity contribution in [3.63, 3.8) is 0 Å². The number of carboxylic acids is 2. The zero-order valence-corrected chi connectivity index (χ0v) is 19.5. The van der Waals surface area contributed by atoms with Crippen LogP contribution in [-0.4, -0.2) is 43.6 Å². The van der Waals surface area contributed by atoms with Gasteiger partial charge in [-0.05, 0) is 29.5 Å². The van der Waals surface area contributed by atoms with Gasteiger partial charge in [-0.25, -0.2) is 4.79 Å². The Labute approximate surface area is 196 Å². The number of ether oxygens (including phenoxy) is 1. The summed E-state index contributed by atoms with van der Waals surface area (Å²) in [7, 11) is 1.56. The Morgan fingerprint density at radius 3 is 2.50 bits per heavy atom. The number of aromatic nitrogens is 3. The van der Waals surface area contributed by atoms with Crippen molar-refractivity contribution in [1.82, 2.24) is 14.3 Å². The number of hydrogen-bond acceptors (Lipinski definition) is 5. The zero-order chi connectivity index (χ0) is 24.8. The Morgan fingerprint density at radius 1 is 1.15 bits per heavy atom. The highest BCUT2D eigenvalue weighted by molar-refractivity contribution is 5.88. The number of carbonyl (C=O) groups is 2. The summed E-state index contributed by atoms with van der Waals surface area (Å²) < 4.78 is 9.15. The lowest BCUT2D eigenvalue weighted by molar-refractivity contribution is -0.137. The van der Waals surface area contributed by atoms with Crippen LogP contribution in [0.1, 0.15) is 49.2 Å². The minimum absolute atomic E-state index is 0.0282. The smallest absolute Gasteiger partial charge is 0.341 e. The molecule has 1 aromatic carbocycles. The van der Waals surface area contributed by atoms with E-state index in [1.807, 2.05) is 16.7 Å². The molecule has 1 aliphatic heterocycles. The first-order valence-electron chi connectivity index (χ1n) is 10.9. The lowest BCUT2D eigenvalue weighted by Crippen LogP contribution is -2.32. The normalized spacial score (nSPS) is 14.9. The van der Waals surface area contributed by atoms with Gasteiger partial charge in [0.1, 0.15) is 11.3 Å². The number of carboxylic acid groups (broad SMARTS) is 2. The van der Waals surface area contributed by atoms with Gasteiger partial charge in [-0.3, -0.25) is 14.3 Å². The molecule has 0 fully saturated rings. The van der Waals surface area contributed by atoms with Crippen LogP contribution in [0.5, 0.6) is 5.75 Å². The van der Waals surface area contributed by atoms with Gasteiger partial charge in [-0.1, -0.05) is 20.8 Å². The summed E-state index contributed by atoms with van der Waals surface area (Å²) in [4.78, 5) is 35.1. The summed E-state index contributed by atoms with van der Waals surface area (Å²) in [5.74, 6) is -1.56. The number of hydrogen-bond donors (Lipinski definition) is 2. The number of benzene rings is 1. The molecule has 1 aliphatic rings. The molecule has 3 aromatic rings. The minimum atomic E-state index is -1.24. The van der Waals surface area contributed by atoms with Crippen molar-refractivity contribution < 1.29 is 24.5 Å². The number of nitrogens with zero attached hydrogens (tertiary/aromatic N) is 3. The number of methoxy groups -OCH3 is 1. The van der Waals surface area contributed by atoms with Crippen molar-refractivity contribution in [2.45, 2.75) is 46.2 Å². The molecular weight excluding hydrogens is 438 g/mol.